The van der Waals surface area contributed by atoms with E-state index in [0.717, 1.165) is 33.9 Å². The monoisotopic (exact) mass is 449 g/mol. The first-order chi connectivity index (χ1) is 15.4. The number of aliphatic carboxylic acids is 1. The Balaban J connectivity index is 1.47. The first kappa shape index (κ1) is 21.8. The van der Waals surface area contributed by atoms with Gasteiger partial charge in [-0.25, -0.2) is 4.98 Å². The zero-order valence-corrected chi connectivity index (χ0v) is 18.5. The number of rotatable bonds is 8. The van der Waals surface area contributed by atoms with Gasteiger partial charge in [0.25, 0.3) is 11.1 Å². The van der Waals surface area contributed by atoms with Gasteiger partial charge in [-0.1, -0.05) is 18.6 Å². The number of carbonyl (C=O) groups is 3. The highest BCUT2D eigenvalue weighted by Crippen LogP contribution is 2.32. The maximum Gasteiger partial charge on any atom is 0.303 e. The lowest BCUT2D eigenvalue weighted by molar-refractivity contribution is -0.137. The fourth-order valence-electron chi connectivity index (χ4n) is 3.68. The summed E-state index contributed by atoms with van der Waals surface area (Å²) >= 11 is 0.913. The number of hydrogen-bond acceptors (Lipinski definition) is 5. The first-order valence-electron chi connectivity index (χ1n) is 10.4. The van der Waals surface area contributed by atoms with E-state index in [1.54, 1.807) is 6.08 Å². The lowest BCUT2D eigenvalue weighted by Gasteiger charge is -2.11. The van der Waals surface area contributed by atoms with Crippen LogP contribution in [0.4, 0.5) is 4.79 Å². The molecule has 0 spiro atoms. The van der Waals surface area contributed by atoms with Crippen molar-refractivity contribution in [3.05, 3.63) is 59.3 Å². The van der Waals surface area contributed by atoms with Crippen molar-refractivity contribution in [1.82, 2.24) is 14.5 Å². The van der Waals surface area contributed by atoms with Crippen LogP contribution in [-0.2, 0) is 16.6 Å². The molecule has 0 aliphatic carbocycles. The molecule has 0 radical (unpaired) electrons. The number of fused-ring (bicyclic) bond motifs is 1. The SMILES string of the molecule is Cn1ccc2cc(-c3cccc(C=C4SC(=O)N(CCCCCC(=O)O)C4=O)n3)ccc21. The Morgan fingerprint density at radius 3 is 2.78 bits per heavy atom. The van der Waals surface area contributed by atoms with Crippen molar-refractivity contribution in [3.63, 3.8) is 0 Å². The molecule has 8 heteroatoms. The molecule has 3 heterocycles. The van der Waals surface area contributed by atoms with E-state index in [9.17, 15) is 14.4 Å². The summed E-state index contributed by atoms with van der Waals surface area (Å²) in [7, 11) is 2.00. The van der Waals surface area contributed by atoms with Crippen molar-refractivity contribution in [1.29, 1.82) is 0 Å². The smallest absolute Gasteiger partial charge is 0.303 e. The molecule has 4 rings (SSSR count). The van der Waals surface area contributed by atoms with Crippen LogP contribution in [0.15, 0.2) is 53.6 Å². The van der Waals surface area contributed by atoms with E-state index in [0.29, 0.717) is 36.4 Å². The fraction of sp³-hybridized carbons (Fsp3) is 0.250. The van der Waals surface area contributed by atoms with Crippen molar-refractivity contribution in [3.8, 4) is 11.3 Å². The molecule has 1 aliphatic heterocycles. The number of carboxylic acid groups (broad SMARTS) is 1. The average molecular weight is 450 g/mol. The molecule has 0 atom stereocenters. The average Bonchev–Trinajstić information content (AvgIpc) is 3.27. The van der Waals surface area contributed by atoms with E-state index < -0.39 is 5.97 Å². The molecule has 3 aromatic rings. The number of hydrogen-bond donors (Lipinski definition) is 1. The van der Waals surface area contributed by atoms with Crippen molar-refractivity contribution < 1.29 is 19.5 Å². The van der Waals surface area contributed by atoms with Crippen LogP contribution in [0.5, 0.6) is 0 Å². The van der Waals surface area contributed by atoms with Crippen LogP contribution < -0.4 is 0 Å². The number of amides is 2. The van der Waals surface area contributed by atoms with E-state index in [1.807, 2.05) is 37.5 Å². The second-order valence-corrected chi connectivity index (χ2v) is 8.68. The van der Waals surface area contributed by atoms with Crippen LogP contribution in [0.25, 0.3) is 28.2 Å². The predicted molar refractivity (Wildman–Crippen MR) is 125 cm³/mol. The van der Waals surface area contributed by atoms with Crippen molar-refractivity contribution in [2.45, 2.75) is 25.7 Å². The number of aryl methyl sites for hydroxylation is 1. The van der Waals surface area contributed by atoms with Gasteiger partial charge in [0.05, 0.1) is 16.3 Å². The Labute approximate surface area is 189 Å². The fourth-order valence-corrected chi connectivity index (χ4v) is 4.53. The third-order valence-corrected chi connectivity index (χ3v) is 6.28. The Bertz CT molecular complexity index is 1230. The van der Waals surface area contributed by atoms with Gasteiger partial charge in [0.2, 0.25) is 0 Å². The second kappa shape index (κ2) is 9.40. The quantitative estimate of drug-likeness (QED) is 0.388. The Morgan fingerprint density at radius 1 is 1.12 bits per heavy atom. The van der Waals surface area contributed by atoms with Crippen LogP contribution in [0, 0.1) is 0 Å². The molecule has 0 unspecified atom stereocenters. The normalized spacial score (nSPS) is 15.3. The van der Waals surface area contributed by atoms with E-state index in [1.165, 1.54) is 4.90 Å². The summed E-state index contributed by atoms with van der Waals surface area (Å²) in [5, 5.41) is 9.51. The lowest BCUT2D eigenvalue weighted by atomic mass is 10.1. The van der Waals surface area contributed by atoms with E-state index in [4.69, 9.17) is 5.11 Å². The number of pyridine rings is 1. The highest BCUT2D eigenvalue weighted by atomic mass is 32.2. The van der Waals surface area contributed by atoms with E-state index >= 15 is 0 Å². The summed E-state index contributed by atoms with van der Waals surface area (Å²) in [5.41, 5.74) is 3.53. The van der Waals surface area contributed by atoms with Gasteiger partial charge >= 0.3 is 5.97 Å². The molecule has 2 amide bonds. The number of carboxylic acids is 1. The van der Waals surface area contributed by atoms with Gasteiger partial charge in [-0.2, -0.15) is 0 Å². The molecule has 164 valence electrons. The number of imide groups is 1. The molecule has 1 aromatic carbocycles. The lowest BCUT2D eigenvalue weighted by Crippen LogP contribution is -2.29. The van der Waals surface area contributed by atoms with Crippen LogP contribution in [0.3, 0.4) is 0 Å². The molecule has 32 heavy (non-hydrogen) atoms. The Kier molecular flexibility index (Phi) is 6.41. The number of benzene rings is 1. The van der Waals surface area contributed by atoms with Gasteiger partial charge in [0, 0.05) is 42.7 Å². The van der Waals surface area contributed by atoms with Gasteiger partial charge in [-0.05, 0) is 61.0 Å². The molecule has 1 aliphatic rings. The number of unbranched alkanes of at least 4 members (excludes halogenated alkanes) is 2. The number of nitrogens with zero attached hydrogens (tertiary/aromatic N) is 3. The van der Waals surface area contributed by atoms with Crippen LogP contribution in [0.1, 0.15) is 31.4 Å². The number of carbonyl (C=O) groups excluding carboxylic acids is 2. The summed E-state index contributed by atoms with van der Waals surface area (Å²) in [6.45, 7) is 0.298. The summed E-state index contributed by atoms with van der Waals surface area (Å²) in [6.07, 6.45) is 5.55. The maximum absolute atomic E-state index is 12.7. The van der Waals surface area contributed by atoms with Gasteiger partial charge in [0.15, 0.2) is 0 Å². The number of aromatic nitrogens is 2. The Hall–Kier alpha value is -3.39. The minimum Gasteiger partial charge on any atom is -0.481 e. The zero-order chi connectivity index (χ0) is 22.7. The van der Waals surface area contributed by atoms with Crippen molar-refractivity contribution >= 4 is 45.9 Å². The summed E-state index contributed by atoms with van der Waals surface area (Å²) in [4.78, 5) is 41.8. The molecule has 1 N–H and O–H groups in total. The molecule has 0 bridgehead atoms. The molecular weight excluding hydrogens is 426 g/mol. The molecule has 7 nitrogen and oxygen atoms in total. The summed E-state index contributed by atoms with van der Waals surface area (Å²) in [6, 6.07) is 13.8. The first-order valence-corrected chi connectivity index (χ1v) is 11.2. The van der Waals surface area contributed by atoms with Crippen LogP contribution in [-0.4, -0.2) is 43.2 Å². The minimum absolute atomic E-state index is 0.0982. The topological polar surface area (TPSA) is 92.5 Å². The summed E-state index contributed by atoms with van der Waals surface area (Å²) in [5.74, 6) is -1.16. The zero-order valence-electron chi connectivity index (χ0n) is 17.7. The van der Waals surface area contributed by atoms with Gasteiger partial charge in [0.1, 0.15) is 0 Å². The second-order valence-electron chi connectivity index (χ2n) is 7.69. The van der Waals surface area contributed by atoms with Gasteiger partial charge < -0.3 is 9.67 Å². The molecule has 2 aromatic heterocycles. The minimum atomic E-state index is -0.836. The molecule has 0 saturated carbocycles. The van der Waals surface area contributed by atoms with E-state index in [2.05, 4.69) is 27.8 Å². The van der Waals surface area contributed by atoms with E-state index in [-0.39, 0.29) is 17.6 Å². The van der Waals surface area contributed by atoms with Gasteiger partial charge in [-0.15, -0.1) is 0 Å². The van der Waals surface area contributed by atoms with Gasteiger partial charge in [-0.3, -0.25) is 19.3 Å². The van der Waals surface area contributed by atoms with Crippen LogP contribution >= 0.6 is 11.8 Å². The van der Waals surface area contributed by atoms with Crippen LogP contribution in [0.2, 0.25) is 0 Å². The number of thioether (sulfide) groups is 1. The predicted octanol–water partition coefficient (Wildman–Crippen LogP) is 4.92. The molecule has 1 fully saturated rings. The largest absolute Gasteiger partial charge is 0.481 e. The third kappa shape index (κ3) is 4.75. The molecular formula is C24H23N3O4S. The highest BCUT2D eigenvalue weighted by molar-refractivity contribution is 8.18. The summed E-state index contributed by atoms with van der Waals surface area (Å²) < 4.78 is 2.06. The van der Waals surface area contributed by atoms with Crippen molar-refractivity contribution in [2.24, 2.45) is 7.05 Å². The highest BCUT2D eigenvalue weighted by Gasteiger charge is 2.34. The Morgan fingerprint density at radius 2 is 1.97 bits per heavy atom. The maximum atomic E-state index is 12.7. The standard InChI is InChI=1S/C24H23N3O4S/c1-26-13-11-17-14-16(9-10-20(17)26)19-7-5-6-18(25-19)15-21-23(30)27(24(31)32-21)12-4-2-3-8-22(28)29/h5-7,9-11,13-15H,2-4,8,12H2,1H3,(H,28,29). The van der Waals surface area contributed by atoms with Crippen molar-refractivity contribution in [2.75, 3.05) is 6.54 Å². The third-order valence-electron chi connectivity index (χ3n) is 5.38. The molecule has 1 saturated heterocycles.